The standard InChI is InChI=1S/C17H17N3O6/c1-10(16(21)19-11-3-6-13(25-2)7-4-11)26-17(22)14-9-12(20(23)24)5-8-15(14)18/h3-10H,18H2,1-2H3,(H,19,21)/t10-/m0/s1. The Morgan fingerprint density at radius 1 is 1.19 bits per heavy atom. The van der Waals surface area contributed by atoms with Crippen molar-refractivity contribution < 1.29 is 24.0 Å². The molecule has 0 aliphatic carbocycles. The number of benzene rings is 2. The second-order valence-electron chi connectivity index (χ2n) is 5.29. The van der Waals surface area contributed by atoms with Crippen molar-refractivity contribution >= 4 is 28.9 Å². The lowest BCUT2D eigenvalue weighted by Crippen LogP contribution is -2.30. The van der Waals surface area contributed by atoms with Crippen LogP contribution in [0.1, 0.15) is 17.3 Å². The predicted octanol–water partition coefficient (Wildman–Crippen LogP) is 2.37. The van der Waals surface area contributed by atoms with Gasteiger partial charge in [-0.05, 0) is 37.3 Å². The van der Waals surface area contributed by atoms with Gasteiger partial charge in [-0.25, -0.2) is 4.79 Å². The molecule has 0 saturated carbocycles. The number of rotatable bonds is 6. The number of methoxy groups -OCH3 is 1. The van der Waals surface area contributed by atoms with Gasteiger partial charge in [-0.15, -0.1) is 0 Å². The number of anilines is 2. The first kappa shape index (κ1) is 18.7. The second-order valence-corrected chi connectivity index (χ2v) is 5.29. The molecule has 2 rings (SSSR count). The maximum atomic E-state index is 12.2. The molecule has 0 spiro atoms. The molecular weight excluding hydrogens is 342 g/mol. The molecule has 1 amide bonds. The van der Waals surface area contributed by atoms with E-state index in [0.29, 0.717) is 11.4 Å². The van der Waals surface area contributed by atoms with E-state index in [2.05, 4.69) is 5.32 Å². The Balaban J connectivity index is 2.04. The summed E-state index contributed by atoms with van der Waals surface area (Å²) in [5.74, 6) is -0.861. The van der Waals surface area contributed by atoms with Gasteiger partial charge in [-0.1, -0.05) is 0 Å². The smallest absolute Gasteiger partial charge is 0.341 e. The van der Waals surface area contributed by atoms with Crippen LogP contribution in [0.3, 0.4) is 0 Å². The minimum absolute atomic E-state index is 0.0170. The van der Waals surface area contributed by atoms with Gasteiger partial charge in [0.25, 0.3) is 11.6 Å². The molecule has 1 atom stereocenters. The maximum Gasteiger partial charge on any atom is 0.341 e. The SMILES string of the molecule is COc1ccc(NC(=O)[C@H](C)OC(=O)c2cc([N+](=O)[O-])ccc2N)cc1. The van der Waals surface area contributed by atoms with Gasteiger partial charge in [0.2, 0.25) is 0 Å². The largest absolute Gasteiger partial charge is 0.497 e. The number of hydrogen-bond acceptors (Lipinski definition) is 7. The monoisotopic (exact) mass is 359 g/mol. The topological polar surface area (TPSA) is 134 Å². The van der Waals surface area contributed by atoms with Gasteiger partial charge in [0.1, 0.15) is 5.75 Å². The Kier molecular flexibility index (Phi) is 5.74. The Labute approximate surface area is 148 Å². The van der Waals surface area contributed by atoms with E-state index in [0.717, 1.165) is 6.07 Å². The highest BCUT2D eigenvalue weighted by Crippen LogP contribution is 2.21. The molecule has 0 unspecified atom stereocenters. The van der Waals surface area contributed by atoms with Gasteiger partial charge in [-0.3, -0.25) is 14.9 Å². The normalized spacial score (nSPS) is 11.3. The number of carbonyl (C=O) groups is 2. The molecule has 0 radical (unpaired) electrons. The van der Waals surface area contributed by atoms with Crippen LogP contribution in [0.15, 0.2) is 42.5 Å². The van der Waals surface area contributed by atoms with Crippen molar-refractivity contribution in [3.05, 3.63) is 58.1 Å². The van der Waals surface area contributed by atoms with Crippen LogP contribution in [0.25, 0.3) is 0 Å². The summed E-state index contributed by atoms with van der Waals surface area (Å²) in [5, 5.41) is 13.4. The number of nitro groups is 1. The summed E-state index contributed by atoms with van der Waals surface area (Å²) >= 11 is 0. The third-order valence-corrected chi connectivity index (χ3v) is 3.48. The van der Waals surface area contributed by atoms with Crippen LogP contribution >= 0.6 is 0 Å². The molecule has 0 heterocycles. The summed E-state index contributed by atoms with van der Waals surface area (Å²) in [5.41, 5.74) is 5.69. The minimum atomic E-state index is -1.14. The summed E-state index contributed by atoms with van der Waals surface area (Å²) in [6.07, 6.45) is -1.14. The Hall–Kier alpha value is -3.62. The van der Waals surface area contributed by atoms with Crippen LogP contribution < -0.4 is 15.8 Å². The lowest BCUT2D eigenvalue weighted by molar-refractivity contribution is -0.384. The van der Waals surface area contributed by atoms with Gasteiger partial charge >= 0.3 is 5.97 Å². The number of nitrogens with zero attached hydrogens (tertiary/aromatic N) is 1. The van der Waals surface area contributed by atoms with Crippen molar-refractivity contribution in [2.45, 2.75) is 13.0 Å². The van der Waals surface area contributed by atoms with Gasteiger partial charge in [0.05, 0.1) is 17.6 Å². The molecule has 26 heavy (non-hydrogen) atoms. The summed E-state index contributed by atoms with van der Waals surface area (Å²) in [6, 6.07) is 9.99. The average molecular weight is 359 g/mol. The van der Waals surface area contributed by atoms with E-state index in [4.69, 9.17) is 15.2 Å². The van der Waals surface area contributed by atoms with Crippen LogP contribution in [-0.4, -0.2) is 30.0 Å². The zero-order valence-electron chi connectivity index (χ0n) is 14.1. The quantitative estimate of drug-likeness (QED) is 0.350. The molecule has 0 aliphatic rings. The molecule has 9 heteroatoms. The third-order valence-electron chi connectivity index (χ3n) is 3.48. The lowest BCUT2D eigenvalue weighted by Gasteiger charge is -2.14. The van der Waals surface area contributed by atoms with Crippen molar-refractivity contribution in [2.75, 3.05) is 18.2 Å². The van der Waals surface area contributed by atoms with E-state index in [-0.39, 0.29) is 16.9 Å². The summed E-state index contributed by atoms with van der Waals surface area (Å²) in [6.45, 7) is 1.38. The van der Waals surface area contributed by atoms with Crippen molar-refractivity contribution in [1.29, 1.82) is 0 Å². The zero-order valence-corrected chi connectivity index (χ0v) is 14.1. The van der Waals surface area contributed by atoms with Crippen LogP contribution in [0.2, 0.25) is 0 Å². The van der Waals surface area contributed by atoms with Crippen LogP contribution in [0.4, 0.5) is 17.1 Å². The van der Waals surface area contributed by atoms with E-state index >= 15 is 0 Å². The van der Waals surface area contributed by atoms with E-state index in [1.165, 1.54) is 26.2 Å². The number of carbonyl (C=O) groups excluding carboxylic acids is 2. The van der Waals surface area contributed by atoms with Gasteiger partial charge in [0, 0.05) is 23.5 Å². The molecular formula is C17H17N3O6. The molecule has 0 aliphatic heterocycles. The van der Waals surface area contributed by atoms with Gasteiger partial charge < -0.3 is 20.5 Å². The molecule has 2 aromatic rings. The van der Waals surface area contributed by atoms with Crippen LogP contribution in [0, 0.1) is 10.1 Å². The number of ether oxygens (including phenoxy) is 2. The molecule has 0 bridgehead atoms. The van der Waals surface area contributed by atoms with Gasteiger partial charge in [0.15, 0.2) is 6.10 Å². The predicted molar refractivity (Wildman–Crippen MR) is 94.0 cm³/mol. The first-order valence-electron chi connectivity index (χ1n) is 7.51. The van der Waals surface area contributed by atoms with E-state index in [9.17, 15) is 19.7 Å². The van der Waals surface area contributed by atoms with Gasteiger partial charge in [-0.2, -0.15) is 0 Å². The Morgan fingerprint density at radius 2 is 1.85 bits per heavy atom. The fourth-order valence-corrected chi connectivity index (χ4v) is 2.03. The summed E-state index contributed by atoms with van der Waals surface area (Å²) in [4.78, 5) is 34.5. The zero-order chi connectivity index (χ0) is 19.3. The molecule has 3 N–H and O–H groups in total. The Morgan fingerprint density at radius 3 is 2.42 bits per heavy atom. The van der Waals surface area contributed by atoms with E-state index in [1.807, 2.05) is 0 Å². The number of esters is 1. The highest BCUT2D eigenvalue weighted by atomic mass is 16.6. The first-order valence-corrected chi connectivity index (χ1v) is 7.51. The fourth-order valence-electron chi connectivity index (χ4n) is 2.03. The Bertz CT molecular complexity index is 835. The summed E-state index contributed by atoms with van der Waals surface area (Å²) in [7, 11) is 1.52. The highest BCUT2D eigenvalue weighted by molar-refractivity contribution is 5.99. The molecule has 136 valence electrons. The molecule has 9 nitrogen and oxygen atoms in total. The lowest BCUT2D eigenvalue weighted by atomic mass is 10.1. The molecule has 0 saturated heterocycles. The third kappa shape index (κ3) is 4.47. The van der Waals surface area contributed by atoms with Crippen molar-refractivity contribution in [2.24, 2.45) is 0 Å². The summed E-state index contributed by atoms with van der Waals surface area (Å²) < 4.78 is 10.1. The molecule has 2 aromatic carbocycles. The number of non-ortho nitro benzene ring substituents is 1. The first-order chi connectivity index (χ1) is 12.3. The van der Waals surface area contributed by atoms with Crippen LogP contribution in [0.5, 0.6) is 5.75 Å². The highest BCUT2D eigenvalue weighted by Gasteiger charge is 2.22. The maximum absolute atomic E-state index is 12.2. The fraction of sp³-hybridized carbons (Fsp3) is 0.176. The molecule has 0 aromatic heterocycles. The minimum Gasteiger partial charge on any atom is -0.497 e. The number of nitrogens with one attached hydrogen (secondary N) is 1. The number of hydrogen-bond donors (Lipinski definition) is 2. The number of amides is 1. The van der Waals surface area contributed by atoms with Crippen molar-refractivity contribution in [3.8, 4) is 5.75 Å². The van der Waals surface area contributed by atoms with E-state index in [1.54, 1.807) is 24.3 Å². The number of nitrogen functional groups attached to an aromatic ring is 1. The average Bonchev–Trinajstić information content (AvgIpc) is 2.62. The van der Waals surface area contributed by atoms with Crippen molar-refractivity contribution in [1.82, 2.24) is 0 Å². The second kappa shape index (κ2) is 7.97. The number of nitrogens with two attached hydrogens (primary N) is 1. The number of nitro benzene ring substituents is 1. The van der Waals surface area contributed by atoms with Crippen LogP contribution in [-0.2, 0) is 9.53 Å². The van der Waals surface area contributed by atoms with Crippen molar-refractivity contribution in [3.63, 3.8) is 0 Å². The van der Waals surface area contributed by atoms with E-state index < -0.39 is 22.9 Å². The molecule has 0 fully saturated rings.